The van der Waals surface area contributed by atoms with Crippen LogP contribution in [-0.2, 0) is 0 Å². The zero-order valence-corrected chi connectivity index (χ0v) is 14.1. The topological polar surface area (TPSA) is 48.9 Å². The van der Waals surface area contributed by atoms with E-state index < -0.39 is 0 Å². The Bertz CT molecular complexity index is 501. The number of rotatable bonds is 5. The number of aliphatic imine (C=N–C) groups is 1. The van der Waals surface area contributed by atoms with Crippen LogP contribution >= 0.6 is 0 Å². The third-order valence-corrected chi connectivity index (χ3v) is 3.86. The number of ether oxygens (including phenoxy) is 1. The Balaban J connectivity index is 1.92. The zero-order valence-electron chi connectivity index (χ0n) is 14.1. The van der Waals surface area contributed by atoms with Crippen molar-refractivity contribution < 1.29 is 4.74 Å². The minimum Gasteiger partial charge on any atom is -0.495 e. The lowest BCUT2D eigenvalue weighted by Gasteiger charge is -2.22. The molecule has 2 rings (SSSR count). The Kier molecular flexibility index (Phi) is 5.92. The van der Waals surface area contributed by atoms with Crippen LogP contribution in [0.3, 0.4) is 0 Å². The smallest absolute Gasteiger partial charge is 0.191 e. The highest BCUT2D eigenvalue weighted by atomic mass is 16.5. The first-order valence-corrected chi connectivity index (χ1v) is 7.99. The molecule has 1 aromatic rings. The average Bonchev–Trinajstić information content (AvgIpc) is 2.99. The van der Waals surface area contributed by atoms with Crippen molar-refractivity contribution in [2.45, 2.75) is 26.3 Å². The summed E-state index contributed by atoms with van der Waals surface area (Å²) in [5.74, 6) is 2.43. The van der Waals surface area contributed by atoms with Gasteiger partial charge in [0.15, 0.2) is 5.96 Å². The summed E-state index contributed by atoms with van der Waals surface area (Å²) in [5, 5.41) is 6.88. The van der Waals surface area contributed by atoms with Crippen LogP contribution in [0.5, 0.6) is 5.75 Å². The van der Waals surface area contributed by atoms with Gasteiger partial charge in [0, 0.05) is 32.7 Å². The number of nitrogens with one attached hydrogen (secondary N) is 2. The number of para-hydroxylation sites is 2. The van der Waals surface area contributed by atoms with Crippen molar-refractivity contribution in [1.29, 1.82) is 0 Å². The molecule has 1 saturated heterocycles. The van der Waals surface area contributed by atoms with Gasteiger partial charge in [-0.3, -0.25) is 4.99 Å². The van der Waals surface area contributed by atoms with Gasteiger partial charge in [0.25, 0.3) is 0 Å². The van der Waals surface area contributed by atoms with E-state index in [1.165, 1.54) is 5.69 Å². The summed E-state index contributed by atoms with van der Waals surface area (Å²) in [5.41, 5.74) is 1.17. The van der Waals surface area contributed by atoms with Crippen molar-refractivity contribution in [3.8, 4) is 5.75 Å². The SMILES string of the molecule is CN=C(NCC(C)C)NC1CCN(c2ccccc2OC)C1. The molecule has 1 aromatic carbocycles. The first kappa shape index (κ1) is 16.5. The Hall–Kier alpha value is -1.91. The molecule has 1 unspecified atom stereocenters. The minimum atomic E-state index is 0.406. The summed E-state index contributed by atoms with van der Waals surface area (Å²) in [6.07, 6.45) is 1.10. The second-order valence-corrected chi connectivity index (χ2v) is 6.09. The molecule has 1 heterocycles. The van der Waals surface area contributed by atoms with Crippen LogP contribution in [0, 0.1) is 5.92 Å². The normalized spacial score (nSPS) is 18.7. The Labute approximate surface area is 133 Å². The van der Waals surface area contributed by atoms with Gasteiger partial charge in [0.2, 0.25) is 0 Å². The molecule has 1 aliphatic heterocycles. The van der Waals surface area contributed by atoms with E-state index in [4.69, 9.17) is 4.74 Å². The largest absolute Gasteiger partial charge is 0.495 e. The van der Waals surface area contributed by atoms with Crippen molar-refractivity contribution in [3.05, 3.63) is 24.3 Å². The fraction of sp³-hybridized carbons (Fsp3) is 0.588. The molecular formula is C17H28N4O. The highest BCUT2D eigenvalue weighted by Crippen LogP contribution is 2.30. The van der Waals surface area contributed by atoms with E-state index in [1.807, 2.05) is 19.2 Å². The van der Waals surface area contributed by atoms with Crippen molar-refractivity contribution in [1.82, 2.24) is 10.6 Å². The fourth-order valence-corrected chi connectivity index (χ4v) is 2.68. The van der Waals surface area contributed by atoms with Crippen LogP contribution < -0.4 is 20.3 Å². The van der Waals surface area contributed by atoms with Gasteiger partial charge < -0.3 is 20.3 Å². The maximum absolute atomic E-state index is 5.46. The third-order valence-electron chi connectivity index (χ3n) is 3.86. The van der Waals surface area contributed by atoms with Crippen molar-refractivity contribution >= 4 is 11.6 Å². The summed E-state index contributed by atoms with van der Waals surface area (Å²) in [4.78, 5) is 6.67. The summed E-state index contributed by atoms with van der Waals surface area (Å²) in [6, 6.07) is 8.60. The Morgan fingerprint density at radius 1 is 1.41 bits per heavy atom. The first-order chi connectivity index (χ1) is 10.6. The number of methoxy groups -OCH3 is 1. The number of guanidine groups is 1. The predicted octanol–water partition coefficient (Wildman–Crippen LogP) is 2.09. The maximum Gasteiger partial charge on any atom is 0.191 e. The monoisotopic (exact) mass is 304 g/mol. The predicted molar refractivity (Wildman–Crippen MR) is 92.9 cm³/mol. The van der Waals surface area contributed by atoms with Gasteiger partial charge in [-0.05, 0) is 24.5 Å². The van der Waals surface area contributed by atoms with Crippen LogP contribution in [0.4, 0.5) is 5.69 Å². The highest BCUT2D eigenvalue weighted by molar-refractivity contribution is 5.80. The zero-order chi connectivity index (χ0) is 15.9. The molecule has 22 heavy (non-hydrogen) atoms. The van der Waals surface area contributed by atoms with E-state index in [0.29, 0.717) is 12.0 Å². The Morgan fingerprint density at radius 2 is 2.18 bits per heavy atom. The molecule has 1 atom stereocenters. The standard InChI is InChI=1S/C17H28N4O/c1-13(2)11-19-17(18-3)20-14-9-10-21(12-14)15-7-5-6-8-16(15)22-4/h5-8,13-14H,9-12H2,1-4H3,(H2,18,19,20). The van der Waals surface area contributed by atoms with Crippen molar-refractivity contribution in [2.24, 2.45) is 10.9 Å². The summed E-state index contributed by atoms with van der Waals surface area (Å²) >= 11 is 0. The van der Waals surface area contributed by atoms with Gasteiger partial charge >= 0.3 is 0 Å². The number of hydrogen-bond donors (Lipinski definition) is 2. The molecule has 0 bridgehead atoms. The molecule has 0 saturated carbocycles. The second kappa shape index (κ2) is 7.92. The molecule has 0 aliphatic carbocycles. The second-order valence-electron chi connectivity index (χ2n) is 6.09. The van der Waals surface area contributed by atoms with E-state index in [2.05, 4.69) is 46.5 Å². The van der Waals surface area contributed by atoms with E-state index >= 15 is 0 Å². The van der Waals surface area contributed by atoms with Crippen molar-refractivity contribution in [2.75, 3.05) is 38.7 Å². The van der Waals surface area contributed by atoms with Gasteiger partial charge in [-0.15, -0.1) is 0 Å². The van der Waals surface area contributed by atoms with Crippen LogP contribution in [0.25, 0.3) is 0 Å². The lowest BCUT2D eigenvalue weighted by atomic mass is 10.2. The quantitative estimate of drug-likeness (QED) is 0.646. The highest BCUT2D eigenvalue weighted by Gasteiger charge is 2.25. The molecule has 0 radical (unpaired) electrons. The molecule has 5 nitrogen and oxygen atoms in total. The van der Waals surface area contributed by atoms with Gasteiger partial charge in [-0.2, -0.15) is 0 Å². The molecule has 5 heteroatoms. The maximum atomic E-state index is 5.46. The molecule has 1 aliphatic rings. The van der Waals surface area contributed by atoms with Gasteiger partial charge in [-0.1, -0.05) is 26.0 Å². The van der Waals surface area contributed by atoms with E-state index in [9.17, 15) is 0 Å². The Morgan fingerprint density at radius 3 is 2.86 bits per heavy atom. The van der Waals surface area contributed by atoms with Gasteiger partial charge in [0.05, 0.1) is 12.8 Å². The first-order valence-electron chi connectivity index (χ1n) is 7.99. The molecule has 0 spiro atoms. The van der Waals surface area contributed by atoms with Crippen LogP contribution in [0.15, 0.2) is 29.3 Å². The summed E-state index contributed by atoms with van der Waals surface area (Å²) < 4.78 is 5.46. The molecule has 122 valence electrons. The number of anilines is 1. The van der Waals surface area contributed by atoms with Crippen LogP contribution in [0.1, 0.15) is 20.3 Å². The van der Waals surface area contributed by atoms with Crippen molar-refractivity contribution in [3.63, 3.8) is 0 Å². The number of nitrogens with zero attached hydrogens (tertiary/aromatic N) is 2. The van der Waals surface area contributed by atoms with Gasteiger partial charge in [0.1, 0.15) is 5.75 Å². The summed E-state index contributed by atoms with van der Waals surface area (Å²) in [7, 11) is 3.55. The summed E-state index contributed by atoms with van der Waals surface area (Å²) in [6.45, 7) is 7.31. The van der Waals surface area contributed by atoms with Crippen LogP contribution in [0.2, 0.25) is 0 Å². The molecular weight excluding hydrogens is 276 g/mol. The van der Waals surface area contributed by atoms with E-state index in [-0.39, 0.29) is 0 Å². The van der Waals surface area contributed by atoms with Gasteiger partial charge in [-0.25, -0.2) is 0 Å². The lowest BCUT2D eigenvalue weighted by Crippen LogP contribution is -2.45. The van der Waals surface area contributed by atoms with Crippen LogP contribution in [-0.4, -0.2) is 45.8 Å². The fourth-order valence-electron chi connectivity index (χ4n) is 2.68. The third kappa shape index (κ3) is 4.29. The van der Waals surface area contributed by atoms with E-state index in [1.54, 1.807) is 7.11 Å². The minimum absolute atomic E-state index is 0.406. The molecule has 0 amide bonds. The molecule has 1 fully saturated rings. The lowest BCUT2D eigenvalue weighted by molar-refractivity contribution is 0.415. The average molecular weight is 304 g/mol. The van der Waals surface area contributed by atoms with E-state index in [0.717, 1.165) is 37.8 Å². The molecule has 2 N–H and O–H groups in total. The number of hydrogen-bond acceptors (Lipinski definition) is 3. The number of benzene rings is 1. The molecule has 0 aromatic heterocycles.